The Morgan fingerprint density at radius 2 is 1.73 bits per heavy atom. The van der Waals surface area contributed by atoms with E-state index in [4.69, 9.17) is 4.74 Å². The molecule has 0 aliphatic carbocycles. The molecule has 1 aromatic carbocycles. The smallest absolute Gasteiger partial charge is 0.239 e. The standard InChI is InChI=1S/C17H26N2O3/c1-4-14(5-2)17(21)19-12-16(20)18-11-10-13-6-8-15(22-3)9-7-13/h6-9,14H,4-5,10-12H2,1-3H3,(H,18,20)(H,19,21). The van der Waals surface area contributed by atoms with Crippen LogP contribution >= 0.6 is 0 Å². The lowest BCUT2D eigenvalue weighted by Gasteiger charge is -2.12. The van der Waals surface area contributed by atoms with Gasteiger partial charge in [-0.2, -0.15) is 0 Å². The van der Waals surface area contributed by atoms with E-state index in [9.17, 15) is 9.59 Å². The second kappa shape index (κ2) is 9.82. The Morgan fingerprint density at radius 3 is 2.27 bits per heavy atom. The SMILES string of the molecule is CCC(CC)C(=O)NCC(=O)NCCc1ccc(OC)cc1. The van der Waals surface area contributed by atoms with E-state index in [-0.39, 0.29) is 24.3 Å². The minimum Gasteiger partial charge on any atom is -0.497 e. The van der Waals surface area contributed by atoms with E-state index in [1.165, 1.54) is 0 Å². The van der Waals surface area contributed by atoms with E-state index in [1.54, 1.807) is 7.11 Å². The summed E-state index contributed by atoms with van der Waals surface area (Å²) in [5, 5.41) is 5.49. The van der Waals surface area contributed by atoms with Crippen molar-refractivity contribution < 1.29 is 14.3 Å². The molecule has 122 valence electrons. The van der Waals surface area contributed by atoms with E-state index < -0.39 is 0 Å². The third-order valence-corrected chi connectivity index (χ3v) is 3.67. The first-order valence-electron chi connectivity index (χ1n) is 7.78. The first-order valence-corrected chi connectivity index (χ1v) is 7.78. The van der Waals surface area contributed by atoms with E-state index in [0.29, 0.717) is 6.54 Å². The van der Waals surface area contributed by atoms with Gasteiger partial charge in [0.05, 0.1) is 13.7 Å². The Hall–Kier alpha value is -2.04. The number of benzene rings is 1. The molecule has 5 heteroatoms. The molecule has 22 heavy (non-hydrogen) atoms. The average Bonchev–Trinajstić information content (AvgIpc) is 2.54. The van der Waals surface area contributed by atoms with Crippen LogP contribution in [0.15, 0.2) is 24.3 Å². The third kappa shape index (κ3) is 6.16. The Morgan fingerprint density at radius 1 is 1.09 bits per heavy atom. The highest BCUT2D eigenvalue weighted by Crippen LogP contribution is 2.11. The summed E-state index contributed by atoms with van der Waals surface area (Å²) < 4.78 is 5.09. The van der Waals surface area contributed by atoms with Crippen LogP contribution in [0, 0.1) is 5.92 Å². The summed E-state index contributed by atoms with van der Waals surface area (Å²) >= 11 is 0. The predicted octanol–water partition coefficient (Wildman–Crippen LogP) is 1.91. The zero-order chi connectivity index (χ0) is 16.4. The van der Waals surface area contributed by atoms with Gasteiger partial charge < -0.3 is 15.4 Å². The lowest BCUT2D eigenvalue weighted by Crippen LogP contribution is -2.40. The van der Waals surface area contributed by atoms with Gasteiger partial charge in [0.15, 0.2) is 0 Å². The third-order valence-electron chi connectivity index (χ3n) is 3.67. The van der Waals surface area contributed by atoms with Crippen LogP contribution in [0.25, 0.3) is 0 Å². The summed E-state index contributed by atoms with van der Waals surface area (Å²) in [5.41, 5.74) is 1.13. The van der Waals surface area contributed by atoms with Gasteiger partial charge in [0.25, 0.3) is 0 Å². The monoisotopic (exact) mass is 306 g/mol. The topological polar surface area (TPSA) is 67.4 Å². The number of rotatable bonds is 9. The molecule has 0 saturated heterocycles. The molecule has 2 N–H and O–H groups in total. The van der Waals surface area contributed by atoms with Gasteiger partial charge >= 0.3 is 0 Å². The van der Waals surface area contributed by atoms with Crippen molar-refractivity contribution in [1.82, 2.24) is 10.6 Å². The first-order chi connectivity index (χ1) is 10.6. The fourth-order valence-corrected chi connectivity index (χ4v) is 2.17. The zero-order valence-corrected chi connectivity index (χ0v) is 13.6. The Bertz CT molecular complexity index is 467. The van der Waals surface area contributed by atoms with Crippen LogP contribution in [-0.2, 0) is 16.0 Å². The molecule has 0 unspecified atom stereocenters. The molecule has 0 aliphatic heterocycles. The number of hydrogen-bond donors (Lipinski definition) is 2. The Labute approximate surface area is 132 Å². The summed E-state index contributed by atoms with van der Waals surface area (Å²) in [6, 6.07) is 7.74. The highest BCUT2D eigenvalue weighted by molar-refractivity contribution is 5.85. The maximum Gasteiger partial charge on any atom is 0.239 e. The van der Waals surface area contributed by atoms with Crippen molar-refractivity contribution in [3.63, 3.8) is 0 Å². The molecule has 1 aromatic rings. The molecule has 0 heterocycles. The van der Waals surface area contributed by atoms with E-state index in [2.05, 4.69) is 10.6 Å². The van der Waals surface area contributed by atoms with Gasteiger partial charge in [-0.1, -0.05) is 26.0 Å². The number of amides is 2. The van der Waals surface area contributed by atoms with Crippen LogP contribution in [0.4, 0.5) is 0 Å². The number of methoxy groups -OCH3 is 1. The predicted molar refractivity (Wildman–Crippen MR) is 86.8 cm³/mol. The number of ether oxygens (including phenoxy) is 1. The quantitative estimate of drug-likeness (QED) is 0.732. The zero-order valence-electron chi connectivity index (χ0n) is 13.6. The van der Waals surface area contributed by atoms with E-state index >= 15 is 0 Å². The second-order valence-corrected chi connectivity index (χ2v) is 5.18. The van der Waals surface area contributed by atoms with Crippen molar-refractivity contribution in [2.45, 2.75) is 33.1 Å². The lowest BCUT2D eigenvalue weighted by molar-refractivity contribution is -0.128. The summed E-state index contributed by atoms with van der Waals surface area (Å²) in [7, 11) is 1.63. The van der Waals surface area contributed by atoms with E-state index in [1.807, 2.05) is 38.1 Å². The number of carbonyl (C=O) groups excluding carboxylic acids is 2. The molecular weight excluding hydrogens is 280 g/mol. The van der Waals surface area contributed by atoms with Gasteiger partial charge in [-0.3, -0.25) is 9.59 Å². The van der Waals surface area contributed by atoms with Crippen molar-refractivity contribution >= 4 is 11.8 Å². The van der Waals surface area contributed by atoms with Gasteiger partial charge in [-0.05, 0) is 37.0 Å². The molecule has 0 saturated carbocycles. The summed E-state index contributed by atoms with van der Waals surface area (Å²) in [5.74, 6) is 0.604. The van der Waals surface area contributed by atoms with Gasteiger partial charge in [0, 0.05) is 12.5 Å². The largest absolute Gasteiger partial charge is 0.497 e. The number of nitrogens with one attached hydrogen (secondary N) is 2. The number of carbonyl (C=O) groups is 2. The van der Waals surface area contributed by atoms with Crippen molar-refractivity contribution in [2.75, 3.05) is 20.2 Å². The van der Waals surface area contributed by atoms with Crippen LogP contribution in [0.3, 0.4) is 0 Å². The maximum absolute atomic E-state index is 11.8. The van der Waals surface area contributed by atoms with Crippen molar-refractivity contribution in [3.05, 3.63) is 29.8 Å². The average molecular weight is 306 g/mol. The summed E-state index contributed by atoms with van der Waals surface area (Å²) in [4.78, 5) is 23.5. The Kier molecular flexibility index (Phi) is 8.04. The molecule has 1 rings (SSSR count). The molecule has 2 amide bonds. The molecule has 5 nitrogen and oxygen atoms in total. The number of hydrogen-bond acceptors (Lipinski definition) is 3. The highest BCUT2D eigenvalue weighted by Gasteiger charge is 2.14. The molecule has 0 aliphatic rings. The first kappa shape index (κ1) is 18.0. The van der Waals surface area contributed by atoms with Crippen LogP contribution in [0.2, 0.25) is 0 Å². The van der Waals surface area contributed by atoms with Gasteiger partial charge in [0.1, 0.15) is 5.75 Å². The lowest BCUT2D eigenvalue weighted by atomic mass is 10.0. The van der Waals surface area contributed by atoms with Crippen LogP contribution in [0.5, 0.6) is 5.75 Å². The molecule has 0 aromatic heterocycles. The minimum atomic E-state index is -0.159. The fraction of sp³-hybridized carbons (Fsp3) is 0.529. The fourth-order valence-electron chi connectivity index (χ4n) is 2.17. The van der Waals surface area contributed by atoms with Crippen molar-refractivity contribution in [2.24, 2.45) is 5.92 Å². The minimum absolute atomic E-state index is 0.00732. The second-order valence-electron chi connectivity index (χ2n) is 5.18. The van der Waals surface area contributed by atoms with Crippen LogP contribution in [0.1, 0.15) is 32.3 Å². The molecule has 0 atom stereocenters. The van der Waals surface area contributed by atoms with Gasteiger partial charge in [-0.15, -0.1) is 0 Å². The van der Waals surface area contributed by atoms with Gasteiger partial charge in [-0.25, -0.2) is 0 Å². The van der Waals surface area contributed by atoms with Crippen LogP contribution < -0.4 is 15.4 Å². The molecule has 0 radical (unpaired) electrons. The molecule has 0 bridgehead atoms. The Balaban J connectivity index is 2.24. The van der Waals surface area contributed by atoms with Crippen molar-refractivity contribution in [3.8, 4) is 5.75 Å². The van der Waals surface area contributed by atoms with Crippen molar-refractivity contribution in [1.29, 1.82) is 0 Å². The van der Waals surface area contributed by atoms with Crippen LogP contribution in [-0.4, -0.2) is 32.0 Å². The molecular formula is C17H26N2O3. The van der Waals surface area contributed by atoms with E-state index in [0.717, 1.165) is 30.6 Å². The van der Waals surface area contributed by atoms with Gasteiger partial charge in [0.2, 0.25) is 11.8 Å². The summed E-state index contributed by atoms with van der Waals surface area (Å²) in [6.45, 7) is 4.54. The molecule has 0 fully saturated rings. The normalized spacial score (nSPS) is 10.4. The maximum atomic E-state index is 11.8. The summed E-state index contributed by atoms with van der Waals surface area (Å²) in [6.07, 6.45) is 2.33. The molecule has 0 spiro atoms. The highest BCUT2D eigenvalue weighted by atomic mass is 16.5.